The third-order valence-corrected chi connectivity index (χ3v) is 3.09. The molecule has 3 atom stereocenters. The molecule has 0 amide bonds. The highest BCUT2D eigenvalue weighted by Crippen LogP contribution is 2.68. The summed E-state index contributed by atoms with van der Waals surface area (Å²) in [5.74, 6) is 1.55. The summed E-state index contributed by atoms with van der Waals surface area (Å²) in [5.41, 5.74) is 0. The predicted molar refractivity (Wildman–Crippen MR) is 39.5 cm³/mol. The van der Waals surface area contributed by atoms with Crippen molar-refractivity contribution in [2.24, 2.45) is 11.8 Å². The van der Waals surface area contributed by atoms with Crippen LogP contribution in [0.25, 0.3) is 0 Å². The van der Waals surface area contributed by atoms with Gasteiger partial charge >= 0.3 is 0 Å². The molecule has 0 saturated heterocycles. The van der Waals surface area contributed by atoms with Gasteiger partial charge in [0.25, 0.3) is 0 Å². The fraction of sp³-hybridized carbons (Fsp3) is 0.750. The van der Waals surface area contributed by atoms with E-state index in [0.717, 1.165) is 11.8 Å². The lowest BCUT2D eigenvalue weighted by Gasteiger charge is -2.62. The molecule has 0 bridgehead atoms. The molecule has 2 unspecified atom stereocenters. The third kappa shape index (κ3) is 0.506. The van der Waals surface area contributed by atoms with Crippen molar-refractivity contribution in [2.45, 2.75) is 24.6 Å². The summed E-state index contributed by atoms with van der Waals surface area (Å²) in [6, 6.07) is 0. The van der Waals surface area contributed by atoms with Crippen LogP contribution in [-0.2, 0) is 0 Å². The first-order valence-electron chi connectivity index (χ1n) is 3.68. The Hall–Kier alpha value is -0.195. The van der Waals surface area contributed by atoms with E-state index < -0.39 is 0 Å². The Morgan fingerprint density at radius 3 is 2.56 bits per heavy atom. The molecule has 0 aromatic heterocycles. The van der Waals surface area contributed by atoms with Crippen molar-refractivity contribution in [1.29, 1.82) is 0 Å². The molecule has 2 saturated carbocycles. The molecule has 2 rings (SSSR count). The van der Waals surface area contributed by atoms with Crippen LogP contribution in [0.15, 0.2) is 12.7 Å². The summed E-state index contributed by atoms with van der Waals surface area (Å²) in [6.45, 7) is 3.78. The Kier molecular flexibility index (Phi) is 0.897. The number of hydrogen-bond donors (Lipinski definition) is 0. The lowest BCUT2D eigenvalue weighted by molar-refractivity contribution is 0.0229. The lowest BCUT2D eigenvalue weighted by atomic mass is 9.35. The summed E-state index contributed by atoms with van der Waals surface area (Å²) in [7, 11) is 5.97. The van der Waals surface area contributed by atoms with Crippen LogP contribution in [-0.4, -0.2) is 7.85 Å². The number of rotatable bonds is 1. The van der Waals surface area contributed by atoms with Crippen molar-refractivity contribution in [3.8, 4) is 0 Å². The number of allylic oxidation sites excluding steroid dienone is 1. The summed E-state index contributed by atoms with van der Waals surface area (Å²) >= 11 is 0. The van der Waals surface area contributed by atoms with Gasteiger partial charge in [-0.1, -0.05) is 24.2 Å². The monoisotopic (exact) mass is 118 g/mol. The van der Waals surface area contributed by atoms with Gasteiger partial charge in [0.2, 0.25) is 0 Å². The van der Waals surface area contributed by atoms with Gasteiger partial charge in [0, 0.05) is 0 Å². The van der Waals surface area contributed by atoms with Crippen LogP contribution in [0.4, 0.5) is 0 Å². The SMILES string of the molecule is [B]C12CCC1[C@H](C=C)C2. The molecule has 0 heterocycles. The zero-order valence-corrected chi connectivity index (χ0v) is 5.64. The Morgan fingerprint density at radius 1 is 1.67 bits per heavy atom. The summed E-state index contributed by atoms with van der Waals surface area (Å²) in [4.78, 5) is 0. The normalized spacial score (nSPS) is 54.7. The molecule has 2 fully saturated rings. The van der Waals surface area contributed by atoms with Crippen molar-refractivity contribution >= 4 is 7.85 Å². The van der Waals surface area contributed by atoms with E-state index in [1.807, 2.05) is 0 Å². The number of fused-ring (bicyclic) bond motifs is 1. The van der Waals surface area contributed by atoms with Gasteiger partial charge in [0.1, 0.15) is 0 Å². The molecule has 0 aromatic carbocycles. The van der Waals surface area contributed by atoms with Gasteiger partial charge in [-0.15, -0.1) is 6.58 Å². The quantitative estimate of drug-likeness (QED) is 0.364. The molecule has 9 heavy (non-hydrogen) atoms. The van der Waals surface area contributed by atoms with Gasteiger partial charge < -0.3 is 0 Å². The minimum absolute atomic E-state index is 0.263. The second-order valence-electron chi connectivity index (χ2n) is 3.48. The van der Waals surface area contributed by atoms with E-state index in [0.29, 0.717) is 0 Å². The van der Waals surface area contributed by atoms with Crippen LogP contribution in [0.1, 0.15) is 19.3 Å². The second kappa shape index (κ2) is 1.45. The summed E-state index contributed by atoms with van der Waals surface area (Å²) in [6.07, 6.45) is 5.85. The topological polar surface area (TPSA) is 0 Å². The van der Waals surface area contributed by atoms with Gasteiger partial charge in [0.05, 0.1) is 7.85 Å². The Labute approximate surface area is 57.7 Å². The van der Waals surface area contributed by atoms with E-state index in [-0.39, 0.29) is 5.31 Å². The first-order valence-corrected chi connectivity index (χ1v) is 3.68. The Balaban J connectivity index is 2.05. The smallest absolute Gasteiger partial charge is 0.0750 e. The van der Waals surface area contributed by atoms with Gasteiger partial charge in [-0.3, -0.25) is 0 Å². The highest BCUT2D eigenvalue weighted by atomic mass is 14.6. The van der Waals surface area contributed by atoms with Crippen molar-refractivity contribution < 1.29 is 0 Å². The Bertz CT molecular complexity index is 153. The van der Waals surface area contributed by atoms with Crippen LogP contribution < -0.4 is 0 Å². The zero-order chi connectivity index (χ0) is 6.48. The van der Waals surface area contributed by atoms with Gasteiger partial charge in [-0.25, -0.2) is 0 Å². The average molecular weight is 118 g/mol. The van der Waals surface area contributed by atoms with Crippen LogP contribution in [0, 0.1) is 11.8 Å². The highest BCUT2D eigenvalue weighted by Gasteiger charge is 2.54. The fourth-order valence-electron chi connectivity index (χ4n) is 2.24. The Morgan fingerprint density at radius 2 is 2.44 bits per heavy atom. The highest BCUT2D eigenvalue weighted by molar-refractivity contribution is 6.17. The van der Waals surface area contributed by atoms with Crippen molar-refractivity contribution in [3.63, 3.8) is 0 Å². The van der Waals surface area contributed by atoms with Crippen LogP contribution in [0.5, 0.6) is 0 Å². The van der Waals surface area contributed by atoms with E-state index in [2.05, 4.69) is 12.7 Å². The molecule has 0 N–H and O–H groups in total. The van der Waals surface area contributed by atoms with Gasteiger partial charge in [-0.2, -0.15) is 0 Å². The lowest BCUT2D eigenvalue weighted by Crippen LogP contribution is -2.49. The molecule has 0 aromatic rings. The van der Waals surface area contributed by atoms with Crippen LogP contribution in [0.3, 0.4) is 0 Å². The standard InChI is InChI=1S/C8H11B/c1-2-6-5-8(9)4-3-7(6)8/h2,6-7H,1,3-5H2/t6-,7?,8?/m1/s1. The first-order chi connectivity index (χ1) is 4.26. The molecule has 1 heteroatoms. The van der Waals surface area contributed by atoms with Gasteiger partial charge in [0.15, 0.2) is 0 Å². The maximum Gasteiger partial charge on any atom is 0.0750 e. The average Bonchev–Trinajstić information content (AvgIpc) is 1.85. The summed E-state index contributed by atoms with van der Waals surface area (Å²) in [5, 5.41) is 0.263. The molecular weight excluding hydrogens is 107 g/mol. The molecular formula is C8H11B. The second-order valence-corrected chi connectivity index (χ2v) is 3.48. The number of hydrogen-bond acceptors (Lipinski definition) is 0. The van der Waals surface area contributed by atoms with E-state index in [1.165, 1.54) is 19.3 Å². The zero-order valence-electron chi connectivity index (χ0n) is 5.64. The van der Waals surface area contributed by atoms with E-state index in [1.54, 1.807) is 0 Å². The van der Waals surface area contributed by atoms with Crippen LogP contribution in [0.2, 0.25) is 5.31 Å². The third-order valence-electron chi connectivity index (χ3n) is 3.09. The van der Waals surface area contributed by atoms with Crippen molar-refractivity contribution in [1.82, 2.24) is 0 Å². The molecule has 2 aliphatic rings. The summed E-state index contributed by atoms with van der Waals surface area (Å²) < 4.78 is 0. The molecule has 0 aliphatic heterocycles. The van der Waals surface area contributed by atoms with E-state index >= 15 is 0 Å². The maximum atomic E-state index is 5.97. The van der Waals surface area contributed by atoms with Crippen molar-refractivity contribution in [3.05, 3.63) is 12.7 Å². The van der Waals surface area contributed by atoms with Crippen LogP contribution >= 0.6 is 0 Å². The van der Waals surface area contributed by atoms with E-state index in [4.69, 9.17) is 7.85 Å². The molecule has 0 spiro atoms. The molecule has 2 aliphatic carbocycles. The molecule has 46 valence electrons. The maximum absolute atomic E-state index is 5.97. The molecule has 2 radical (unpaired) electrons. The predicted octanol–water partition coefficient (Wildman–Crippen LogP) is 1.93. The van der Waals surface area contributed by atoms with Gasteiger partial charge in [-0.05, 0) is 18.3 Å². The minimum Gasteiger partial charge on any atom is -0.103 e. The molecule has 0 nitrogen and oxygen atoms in total. The fourth-order valence-corrected chi connectivity index (χ4v) is 2.24. The first kappa shape index (κ1) is 5.58. The minimum atomic E-state index is 0.263. The van der Waals surface area contributed by atoms with Crippen molar-refractivity contribution in [2.75, 3.05) is 0 Å². The van der Waals surface area contributed by atoms with E-state index in [9.17, 15) is 0 Å². The largest absolute Gasteiger partial charge is 0.103 e.